The first-order valence-electron chi connectivity index (χ1n) is 7.95. The fraction of sp³-hybridized carbons (Fsp3) is 0.556. The van der Waals surface area contributed by atoms with Gasteiger partial charge in [-0.05, 0) is 24.8 Å². The van der Waals surface area contributed by atoms with Gasteiger partial charge in [-0.1, -0.05) is 45.9 Å². The molecule has 4 nitrogen and oxygen atoms in total. The van der Waals surface area contributed by atoms with E-state index in [1.807, 2.05) is 13.8 Å². The molecule has 0 atom stereocenters. The molecule has 0 fully saturated rings. The molecule has 0 aliphatic heterocycles. The Morgan fingerprint density at radius 1 is 1.09 bits per heavy atom. The van der Waals surface area contributed by atoms with Gasteiger partial charge in [0.25, 0.3) is 0 Å². The van der Waals surface area contributed by atoms with E-state index in [1.54, 1.807) is 32.0 Å². The first-order chi connectivity index (χ1) is 10.9. The fourth-order valence-electron chi connectivity index (χ4n) is 2.19. The van der Waals surface area contributed by atoms with Crippen molar-refractivity contribution in [3.8, 4) is 0 Å². The van der Waals surface area contributed by atoms with Crippen LogP contribution >= 0.6 is 0 Å². The number of hydrogen-bond acceptors (Lipinski definition) is 4. The minimum Gasteiger partial charge on any atom is -0.465 e. The molecule has 1 rings (SSSR count). The predicted octanol–water partition coefficient (Wildman–Crippen LogP) is 3.87. The Morgan fingerprint density at radius 3 is 2.17 bits per heavy atom. The van der Waals surface area contributed by atoms with Crippen LogP contribution in [0.3, 0.4) is 0 Å². The molecule has 0 saturated heterocycles. The van der Waals surface area contributed by atoms with Crippen LogP contribution in [0.2, 0.25) is 0 Å². The summed E-state index contributed by atoms with van der Waals surface area (Å²) >= 11 is 0. The highest BCUT2D eigenvalue weighted by atomic mass is 19.1. The molecule has 0 aliphatic rings. The van der Waals surface area contributed by atoms with Crippen molar-refractivity contribution in [1.82, 2.24) is 0 Å². The fourth-order valence-corrected chi connectivity index (χ4v) is 2.19. The Hall–Kier alpha value is -1.91. The maximum Gasteiger partial charge on any atom is 0.323 e. The van der Waals surface area contributed by atoms with Gasteiger partial charge < -0.3 is 9.47 Å². The standard InChI is InChI=1S/C18H25FO4/c1-5-18(6-2,16(20)22-11-13(3)4)17(21)23-12-14-9-7-8-10-15(14)19/h7-10,13H,5-6,11-12H2,1-4H3. The number of hydrogen-bond donors (Lipinski definition) is 0. The van der Waals surface area contributed by atoms with Crippen molar-refractivity contribution in [2.45, 2.75) is 47.1 Å². The summed E-state index contributed by atoms with van der Waals surface area (Å²) in [6.45, 7) is 7.37. The second-order valence-electron chi connectivity index (χ2n) is 5.95. The second kappa shape index (κ2) is 8.65. The monoisotopic (exact) mass is 324 g/mol. The van der Waals surface area contributed by atoms with Crippen molar-refractivity contribution in [3.63, 3.8) is 0 Å². The molecule has 5 heteroatoms. The van der Waals surface area contributed by atoms with Gasteiger partial charge >= 0.3 is 11.9 Å². The molecule has 1 aromatic carbocycles. The molecule has 128 valence electrons. The summed E-state index contributed by atoms with van der Waals surface area (Å²) in [5, 5.41) is 0. The van der Waals surface area contributed by atoms with E-state index in [2.05, 4.69) is 0 Å². The Balaban J connectivity index is 2.81. The number of carbonyl (C=O) groups is 2. The van der Waals surface area contributed by atoms with Crippen LogP contribution in [0.15, 0.2) is 24.3 Å². The lowest BCUT2D eigenvalue weighted by Crippen LogP contribution is -2.41. The first kappa shape index (κ1) is 19.1. The topological polar surface area (TPSA) is 52.6 Å². The number of rotatable bonds is 8. The van der Waals surface area contributed by atoms with Gasteiger partial charge in [0.1, 0.15) is 12.4 Å². The van der Waals surface area contributed by atoms with Gasteiger partial charge in [-0.2, -0.15) is 0 Å². The molecule has 0 spiro atoms. The van der Waals surface area contributed by atoms with E-state index in [0.29, 0.717) is 0 Å². The molecule has 0 unspecified atom stereocenters. The summed E-state index contributed by atoms with van der Waals surface area (Å²) in [5.74, 6) is -1.50. The third kappa shape index (κ3) is 4.78. The minimum atomic E-state index is -1.33. The smallest absolute Gasteiger partial charge is 0.323 e. The maximum absolute atomic E-state index is 13.6. The second-order valence-corrected chi connectivity index (χ2v) is 5.95. The van der Waals surface area contributed by atoms with Crippen LogP contribution in [0.25, 0.3) is 0 Å². The number of benzene rings is 1. The van der Waals surface area contributed by atoms with Gasteiger partial charge in [-0.15, -0.1) is 0 Å². The highest BCUT2D eigenvalue weighted by Crippen LogP contribution is 2.31. The van der Waals surface area contributed by atoms with Crippen LogP contribution in [0, 0.1) is 17.2 Å². The molecule has 0 heterocycles. The Bertz CT molecular complexity index is 536. The van der Waals surface area contributed by atoms with Gasteiger partial charge in [-0.25, -0.2) is 4.39 Å². The van der Waals surface area contributed by atoms with Crippen molar-refractivity contribution >= 4 is 11.9 Å². The van der Waals surface area contributed by atoms with E-state index in [1.165, 1.54) is 6.07 Å². The molecule has 0 radical (unpaired) electrons. The van der Waals surface area contributed by atoms with E-state index >= 15 is 0 Å². The molecule has 23 heavy (non-hydrogen) atoms. The van der Waals surface area contributed by atoms with Crippen molar-refractivity contribution in [2.75, 3.05) is 6.61 Å². The van der Waals surface area contributed by atoms with Crippen LogP contribution in [-0.2, 0) is 25.7 Å². The predicted molar refractivity (Wildman–Crippen MR) is 85.0 cm³/mol. The van der Waals surface area contributed by atoms with Crippen molar-refractivity contribution in [1.29, 1.82) is 0 Å². The van der Waals surface area contributed by atoms with Crippen molar-refractivity contribution < 1.29 is 23.5 Å². The third-order valence-corrected chi connectivity index (χ3v) is 3.85. The van der Waals surface area contributed by atoms with Crippen LogP contribution in [0.4, 0.5) is 4.39 Å². The third-order valence-electron chi connectivity index (χ3n) is 3.85. The van der Waals surface area contributed by atoms with E-state index in [4.69, 9.17) is 9.47 Å². The highest BCUT2D eigenvalue weighted by Gasteiger charge is 2.46. The van der Waals surface area contributed by atoms with E-state index in [9.17, 15) is 14.0 Å². The van der Waals surface area contributed by atoms with Crippen molar-refractivity contribution in [3.05, 3.63) is 35.6 Å². The SMILES string of the molecule is CCC(CC)(C(=O)OCc1ccccc1F)C(=O)OCC(C)C. The zero-order chi connectivity index (χ0) is 17.5. The van der Waals surface area contributed by atoms with Crippen molar-refractivity contribution in [2.24, 2.45) is 11.3 Å². The Labute approximate surface area is 137 Å². The number of ether oxygens (including phenoxy) is 2. The molecular formula is C18H25FO4. The minimum absolute atomic E-state index is 0.180. The highest BCUT2D eigenvalue weighted by molar-refractivity contribution is 5.99. The van der Waals surface area contributed by atoms with Gasteiger partial charge in [0, 0.05) is 5.56 Å². The van der Waals surface area contributed by atoms with Crippen LogP contribution in [0.5, 0.6) is 0 Å². The molecule has 0 aliphatic carbocycles. The van der Waals surface area contributed by atoms with Crippen LogP contribution in [0.1, 0.15) is 46.1 Å². The molecule has 0 amide bonds. The normalized spacial score (nSPS) is 11.4. The summed E-state index contributed by atoms with van der Waals surface area (Å²) in [6, 6.07) is 6.06. The molecule has 0 N–H and O–H groups in total. The molecular weight excluding hydrogens is 299 g/mol. The lowest BCUT2D eigenvalue weighted by molar-refractivity contribution is -0.174. The van der Waals surface area contributed by atoms with E-state index < -0.39 is 23.2 Å². The Morgan fingerprint density at radius 2 is 1.65 bits per heavy atom. The molecule has 0 saturated carbocycles. The molecule has 1 aromatic rings. The van der Waals surface area contributed by atoms with Gasteiger partial charge in [0.2, 0.25) is 0 Å². The zero-order valence-corrected chi connectivity index (χ0v) is 14.2. The zero-order valence-electron chi connectivity index (χ0n) is 14.2. The van der Waals surface area contributed by atoms with Crippen LogP contribution < -0.4 is 0 Å². The first-order valence-corrected chi connectivity index (χ1v) is 7.95. The largest absolute Gasteiger partial charge is 0.465 e. The number of esters is 2. The molecule has 0 aromatic heterocycles. The van der Waals surface area contributed by atoms with Gasteiger partial charge in [0.05, 0.1) is 6.61 Å². The lowest BCUT2D eigenvalue weighted by Gasteiger charge is -2.27. The lowest BCUT2D eigenvalue weighted by atomic mass is 9.82. The van der Waals surface area contributed by atoms with Gasteiger partial charge in [-0.3, -0.25) is 9.59 Å². The number of halogens is 1. The quantitative estimate of drug-likeness (QED) is 0.538. The summed E-state index contributed by atoms with van der Waals surface area (Å²) in [7, 11) is 0. The molecule has 0 bridgehead atoms. The average molecular weight is 324 g/mol. The summed E-state index contributed by atoms with van der Waals surface area (Å²) in [6.07, 6.45) is 0.549. The number of carbonyl (C=O) groups excluding carboxylic acids is 2. The van der Waals surface area contributed by atoms with E-state index in [-0.39, 0.29) is 37.5 Å². The summed E-state index contributed by atoms with van der Waals surface area (Å²) in [4.78, 5) is 24.8. The van der Waals surface area contributed by atoms with E-state index in [0.717, 1.165) is 0 Å². The summed E-state index contributed by atoms with van der Waals surface area (Å²) in [5.41, 5.74) is -1.06. The van der Waals surface area contributed by atoms with Crippen LogP contribution in [-0.4, -0.2) is 18.5 Å². The van der Waals surface area contributed by atoms with Gasteiger partial charge in [0.15, 0.2) is 5.41 Å². The average Bonchev–Trinajstić information content (AvgIpc) is 2.53. The maximum atomic E-state index is 13.6. The summed E-state index contributed by atoms with van der Waals surface area (Å²) < 4.78 is 24.0. The Kier molecular flexibility index (Phi) is 7.20.